The molecule has 0 unspecified atom stereocenters. The Morgan fingerprint density at radius 1 is 1.31 bits per heavy atom. The van der Waals surface area contributed by atoms with Crippen LogP contribution in [0.3, 0.4) is 0 Å². The highest BCUT2D eigenvalue weighted by Gasteiger charge is 2.49. The molecule has 8 heteroatoms. The van der Waals surface area contributed by atoms with Crippen molar-refractivity contribution in [3.8, 4) is 11.5 Å². The number of benzene rings is 1. The van der Waals surface area contributed by atoms with Crippen molar-refractivity contribution in [2.75, 3.05) is 40.5 Å². The summed E-state index contributed by atoms with van der Waals surface area (Å²) >= 11 is 0. The summed E-state index contributed by atoms with van der Waals surface area (Å²) < 4.78 is 37.7. The number of likely N-dealkylation sites (tertiary alicyclic amines) is 2. The molecule has 1 aromatic rings. The molecule has 2 fully saturated rings. The fourth-order valence-electron chi connectivity index (χ4n) is 3.68. The van der Waals surface area contributed by atoms with Crippen LogP contribution in [-0.2, 0) is 11.2 Å². The molecule has 3 rings (SSSR count). The van der Waals surface area contributed by atoms with Crippen molar-refractivity contribution in [3.05, 3.63) is 23.8 Å². The van der Waals surface area contributed by atoms with Gasteiger partial charge < -0.3 is 19.5 Å². The highest BCUT2D eigenvalue weighted by atomic mass is 19.3. The third-order valence-corrected chi connectivity index (χ3v) is 5.14. The Labute approximate surface area is 151 Å². The molecular formula is C18H24F2N2O4. The topological polar surface area (TPSA) is 62.2 Å². The Kier molecular flexibility index (Phi) is 5.34. The number of alkyl halides is 2. The summed E-state index contributed by atoms with van der Waals surface area (Å²) in [4.78, 5) is 15.8. The fourth-order valence-corrected chi connectivity index (χ4v) is 3.68. The van der Waals surface area contributed by atoms with Gasteiger partial charge in [0.25, 0.3) is 5.92 Å². The molecule has 26 heavy (non-hydrogen) atoms. The third kappa shape index (κ3) is 3.76. The molecule has 1 atom stereocenters. The summed E-state index contributed by atoms with van der Waals surface area (Å²) in [6, 6.07) is 4.60. The first-order chi connectivity index (χ1) is 12.4. The van der Waals surface area contributed by atoms with Crippen molar-refractivity contribution in [2.24, 2.45) is 0 Å². The molecule has 1 N–H and O–H groups in total. The lowest BCUT2D eigenvalue weighted by atomic mass is 10.0. The van der Waals surface area contributed by atoms with Crippen LogP contribution < -0.4 is 9.47 Å². The number of hydrogen-bond acceptors (Lipinski definition) is 5. The zero-order chi connectivity index (χ0) is 18.9. The van der Waals surface area contributed by atoms with E-state index in [1.165, 1.54) is 7.11 Å². The number of amides is 1. The van der Waals surface area contributed by atoms with E-state index in [0.29, 0.717) is 24.6 Å². The van der Waals surface area contributed by atoms with Crippen molar-refractivity contribution in [2.45, 2.75) is 30.8 Å². The molecule has 2 aliphatic rings. The Morgan fingerprint density at radius 3 is 2.65 bits per heavy atom. The van der Waals surface area contributed by atoms with Gasteiger partial charge in [-0.15, -0.1) is 0 Å². The summed E-state index contributed by atoms with van der Waals surface area (Å²) in [5, 5.41) is 9.33. The molecule has 1 amide bonds. The van der Waals surface area contributed by atoms with Gasteiger partial charge in [-0.05, 0) is 18.2 Å². The van der Waals surface area contributed by atoms with Gasteiger partial charge >= 0.3 is 0 Å². The molecule has 6 nitrogen and oxygen atoms in total. The van der Waals surface area contributed by atoms with Crippen molar-refractivity contribution < 1.29 is 28.2 Å². The number of carbonyl (C=O) groups excluding carboxylic acids is 1. The van der Waals surface area contributed by atoms with Gasteiger partial charge in [0.15, 0.2) is 0 Å². The van der Waals surface area contributed by atoms with E-state index in [2.05, 4.69) is 0 Å². The minimum absolute atomic E-state index is 0.0840. The molecule has 144 valence electrons. The van der Waals surface area contributed by atoms with Gasteiger partial charge in [0, 0.05) is 37.2 Å². The number of halogens is 2. The average molecular weight is 370 g/mol. The van der Waals surface area contributed by atoms with Crippen LogP contribution in [0.25, 0.3) is 0 Å². The van der Waals surface area contributed by atoms with Crippen molar-refractivity contribution in [1.82, 2.24) is 9.80 Å². The van der Waals surface area contributed by atoms with Crippen LogP contribution in [0.2, 0.25) is 0 Å². The van der Waals surface area contributed by atoms with Gasteiger partial charge in [0.1, 0.15) is 11.5 Å². The normalized spacial score (nSPS) is 23.0. The van der Waals surface area contributed by atoms with Crippen molar-refractivity contribution in [3.63, 3.8) is 0 Å². The van der Waals surface area contributed by atoms with E-state index < -0.39 is 12.0 Å². The Hall–Kier alpha value is -1.93. The summed E-state index contributed by atoms with van der Waals surface area (Å²) in [5.74, 6) is -1.61. The zero-order valence-electron chi connectivity index (χ0n) is 15.0. The standard InChI is InChI=1S/C18H24F2N2O4/c1-25-15-3-4-16(26-2)12(5-15)6-17(24)21-8-14(9-21)22-11-18(19,20)7-13(22)10-23/h3-5,13-14,23H,6-11H2,1-2H3/t13-/m0/s1. The predicted octanol–water partition coefficient (Wildman–Crippen LogP) is 1.16. The number of hydrogen-bond donors (Lipinski definition) is 1. The average Bonchev–Trinajstić information content (AvgIpc) is 2.88. The number of nitrogens with zero attached hydrogens (tertiary/aromatic N) is 2. The molecule has 2 aliphatic heterocycles. The van der Waals surface area contributed by atoms with E-state index in [9.17, 15) is 18.7 Å². The number of aliphatic hydroxyl groups is 1. The Morgan fingerprint density at radius 2 is 2.04 bits per heavy atom. The second-order valence-electron chi connectivity index (χ2n) is 6.88. The number of ether oxygens (including phenoxy) is 2. The highest BCUT2D eigenvalue weighted by molar-refractivity contribution is 5.80. The minimum atomic E-state index is -2.77. The van der Waals surface area contributed by atoms with Crippen LogP contribution in [0.1, 0.15) is 12.0 Å². The van der Waals surface area contributed by atoms with Crippen LogP contribution in [0.4, 0.5) is 8.78 Å². The second-order valence-corrected chi connectivity index (χ2v) is 6.88. The predicted molar refractivity (Wildman–Crippen MR) is 90.8 cm³/mol. The largest absolute Gasteiger partial charge is 0.497 e. The first-order valence-corrected chi connectivity index (χ1v) is 8.60. The molecule has 0 spiro atoms. The molecular weight excluding hydrogens is 346 g/mol. The summed E-state index contributed by atoms with van der Waals surface area (Å²) in [5.41, 5.74) is 0.723. The molecule has 0 bridgehead atoms. The lowest BCUT2D eigenvalue weighted by molar-refractivity contribution is -0.138. The quantitative estimate of drug-likeness (QED) is 0.814. The van der Waals surface area contributed by atoms with Gasteiger partial charge in [-0.25, -0.2) is 8.78 Å². The van der Waals surface area contributed by atoms with Gasteiger partial charge in [-0.2, -0.15) is 0 Å². The first-order valence-electron chi connectivity index (χ1n) is 8.60. The van der Waals surface area contributed by atoms with Crippen LogP contribution in [0.15, 0.2) is 18.2 Å². The minimum Gasteiger partial charge on any atom is -0.497 e. The number of methoxy groups -OCH3 is 2. The number of rotatable bonds is 6. The lowest BCUT2D eigenvalue weighted by Crippen LogP contribution is -2.62. The molecule has 1 aromatic carbocycles. The summed E-state index contributed by atoms with van der Waals surface area (Å²) in [7, 11) is 3.09. The summed E-state index contributed by atoms with van der Waals surface area (Å²) in [6.45, 7) is 0.158. The molecule has 0 aromatic heterocycles. The summed E-state index contributed by atoms with van der Waals surface area (Å²) in [6.07, 6.45) is -0.165. The van der Waals surface area contributed by atoms with Crippen LogP contribution in [0.5, 0.6) is 11.5 Å². The Balaban J connectivity index is 1.59. The number of carbonyl (C=O) groups is 1. The monoisotopic (exact) mass is 370 g/mol. The molecule has 0 radical (unpaired) electrons. The maximum atomic E-state index is 13.6. The van der Waals surface area contributed by atoms with E-state index in [1.54, 1.807) is 35.1 Å². The van der Waals surface area contributed by atoms with E-state index in [-0.39, 0.29) is 37.9 Å². The van der Waals surface area contributed by atoms with Crippen molar-refractivity contribution in [1.29, 1.82) is 0 Å². The maximum absolute atomic E-state index is 13.6. The number of aliphatic hydroxyl groups excluding tert-OH is 1. The van der Waals surface area contributed by atoms with Gasteiger partial charge in [-0.1, -0.05) is 0 Å². The van der Waals surface area contributed by atoms with E-state index in [4.69, 9.17) is 9.47 Å². The van der Waals surface area contributed by atoms with Gasteiger partial charge in [-0.3, -0.25) is 9.69 Å². The SMILES string of the molecule is COc1ccc(OC)c(CC(=O)N2CC(N3CC(F)(F)C[C@H]3CO)C2)c1. The van der Waals surface area contributed by atoms with Crippen molar-refractivity contribution >= 4 is 5.91 Å². The van der Waals surface area contributed by atoms with Crippen LogP contribution in [-0.4, -0.2) is 79.3 Å². The molecule has 2 heterocycles. The zero-order valence-corrected chi connectivity index (χ0v) is 15.0. The van der Waals surface area contributed by atoms with Crippen LogP contribution >= 0.6 is 0 Å². The van der Waals surface area contributed by atoms with E-state index >= 15 is 0 Å². The highest BCUT2D eigenvalue weighted by Crippen LogP contribution is 2.35. The molecule has 0 saturated carbocycles. The second kappa shape index (κ2) is 7.36. The van der Waals surface area contributed by atoms with Gasteiger partial charge in [0.2, 0.25) is 5.91 Å². The molecule has 0 aliphatic carbocycles. The van der Waals surface area contributed by atoms with E-state index in [0.717, 1.165) is 5.56 Å². The lowest BCUT2D eigenvalue weighted by Gasteiger charge is -2.45. The van der Waals surface area contributed by atoms with E-state index in [1.807, 2.05) is 0 Å². The maximum Gasteiger partial charge on any atom is 0.262 e. The smallest absolute Gasteiger partial charge is 0.262 e. The third-order valence-electron chi connectivity index (χ3n) is 5.14. The Bertz CT molecular complexity index is 665. The van der Waals surface area contributed by atoms with Gasteiger partial charge in [0.05, 0.1) is 33.8 Å². The first kappa shape index (κ1) is 18.8. The van der Waals surface area contributed by atoms with Crippen LogP contribution in [0, 0.1) is 0 Å². The molecule has 2 saturated heterocycles. The fraction of sp³-hybridized carbons (Fsp3) is 0.611.